The zero-order chi connectivity index (χ0) is 14.9. The lowest BCUT2D eigenvalue weighted by Crippen LogP contribution is -2.36. The molecule has 1 aromatic carbocycles. The van der Waals surface area contributed by atoms with Gasteiger partial charge in [-0.3, -0.25) is 14.9 Å². The number of halogens is 1. The normalized spacial score (nSPS) is 18.9. The summed E-state index contributed by atoms with van der Waals surface area (Å²) >= 11 is 3.05. The summed E-state index contributed by atoms with van der Waals surface area (Å²) < 4.78 is 27.0. The van der Waals surface area contributed by atoms with E-state index in [9.17, 15) is 23.3 Å². The molecule has 1 atom stereocenters. The predicted octanol–water partition coefficient (Wildman–Crippen LogP) is 0.524. The van der Waals surface area contributed by atoms with Crippen LogP contribution in [0.5, 0.6) is 0 Å². The zero-order valence-electron chi connectivity index (χ0n) is 10.00. The number of amides is 1. The largest absolute Gasteiger partial charge is 0.354 e. The quantitative estimate of drug-likeness (QED) is 0.597. The highest BCUT2D eigenvalue weighted by molar-refractivity contribution is 9.10. The Morgan fingerprint density at radius 3 is 2.70 bits per heavy atom. The first-order valence-corrected chi connectivity index (χ1v) is 7.80. The molecule has 1 heterocycles. The second-order valence-corrected chi connectivity index (χ2v) is 6.79. The van der Waals surface area contributed by atoms with E-state index in [-0.39, 0.29) is 18.9 Å². The summed E-state index contributed by atoms with van der Waals surface area (Å²) in [6.45, 7) is 0.169. The highest BCUT2D eigenvalue weighted by atomic mass is 79.9. The lowest BCUT2D eigenvalue weighted by atomic mass is 10.3. The number of hydrogen-bond donors (Lipinski definition) is 2. The summed E-state index contributed by atoms with van der Waals surface area (Å²) in [4.78, 5) is 20.8. The van der Waals surface area contributed by atoms with Crippen molar-refractivity contribution in [2.45, 2.75) is 17.4 Å². The standard InChI is InChI=1S/C10H10BrN3O5S/c11-6-1-2-9(8(3-6)14(16)17)20(18,19)13-7-4-10(15)12-5-7/h1-3,7,13H,4-5H2,(H,12,15)/t7-/m0/s1. The number of carbonyl (C=O) groups excluding carboxylic acids is 1. The molecule has 2 rings (SSSR count). The highest BCUT2D eigenvalue weighted by Crippen LogP contribution is 2.27. The van der Waals surface area contributed by atoms with Crippen LogP contribution in [0.4, 0.5) is 5.69 Å². The number of nitro benzene ring substituents is 1. The average Bonchev–Trinajstić information content (AvgIpc) is 2.73. The van der Waals surface area contributed by atoms with Crippen molar-refractivity contribution < 1.29 is 18.1 Å². The van der Waals surface area contributed by atoms with E-state index in [4.69, 9.17) is 0 Å². The number of rotatable bonds is 4. The van der Waals surface area contributed by atoms with Gasteiger partial charge in [-0.1, -0.05) is 15.9 Å². The Hall–Kier alpha value is -1.52. The molecule has 1 fully saturated rings. The van der Waals surface area contributed by atoms with Crippen molar-refractivity contribution in [1.29, 1.82) is 0 Å². The van der Waals surface area contributed by atoms with Crippen LogP contribution in [0, 0.1) is 10.1 Å². The fourth-order valence-corrected chi connectivity index (χ4v) is 3.57. The van der Waals surface area contributed by atoms with E-state index in [1.54, 1.807) is 0 Å². The molecule has 1 aliphatic rings. The van der Waals surface area contributed by atoms with Crippen molar-refractivity contribution in [3.05, 3.63) is 32.8 Å². The minimum absolute atomic E-state index is 0.0174. The van der Waals surface area contributed by atoms with Crippen molar-refractivity contribution in [3.63, 3.8) is 0 Å². The van der Waals surface area contributed by atoms with Crippen LogP contribution in [-0.2, 0) is 14.8 Å². The molecule has 0 saturated carbocycles. The number of benzene rings is 1. The molecular formula is C10H10BrN3O5S. The second-order valence-electron chi connectivity index (χ2n) is 4.20. The van der Waals surface area contributed by atoms with Gasteiger partial charge in [0.1, 0.15) is 0 Å². The van der Waals surface area contributed by atoms with Gasteiger partial charge in [0.15, 0.2) is 4.90 Å². The van der Waals surface area contributed by atoms with Gasteiger partial charge in [0.25, 0.3) is 5.69 Å². The van der Waals surface area contributed by atoms with E-state index in [2.05, 4.69) is 26.0 Å². The number of hydrogen-bond acceptors (Lipinski definition) is 5. The first kappa shape index (κ1) is 14.9. The molecule has 1 saturated heterocycles. The molecule has 0 spiro atoms. The number of carbonyl (C=O) groups is 1. The van der Waals surface area contributed by atoms with Crippen LogP contribution in [0.2, 0.25) is 0 Å². The molecule has 108 valence electrons. The molecule has 0 aromatic heterocycles. The monoisotopic (exact) mass is 363 g/mol. The number of nitrogens with zero attached hydrogens (tertiary/aromatic N) is 1. The Balaban J connectivity index is 2.34. The van der Waals surface area contributed by atoms with E-state index >= 15 is 0 Å². The van der Waals surface area contributed by atoms with Crippen LogP contribution in [-0.4, -0.2) is 31.8 Å². The maximum atomic E-state index is 12.2. The van der Waals surface area contributed by atoms with Crippen molar-refractivity contribution in [1.82, 2.24) is 10.0 Å². The highest BCUT2D eigenvalue weighted by Gasteiger charge is 2.31. The molecule has 2 N–H and O–H groups in total. The topological polar surface area (TPSA) is 118 Å². The lowest BCUT2D eigenvalue weighted by Gasteiger charge is -2.11. The van der Waals surface area contributed by atoms with E-state index in [1.165, 1.54) is 6.07 Å². The minimum Gasteiger partial charge on any atom is -0.354 e. The Kier molecular flexibility index (Phi) is 4.06. The van der Waals surface area contributed by atoms with Crippen molar-refractivity contribution >= 4 is 37.5 Å². The molecule has 1 aliphatic heterocycles. The van der Waals surface area contributed by atoms with E-state index < -0.39 is 31.6 Å². The van der Waals surface area contributed by atoms with Crippen molar-refractivity contribution in [2.24, 2.45) is 0 Å². The van der Waals surface area contributed by atoms with Gasteiger partial charge in [-0.2, -0.15) is 0 Å². The van der Waals surface area contributed by atoms with Gasteiger partial charge in [-0.25, -0.2) is 13.1 Å². The summed E-state index contributed by atoms with van der Waals surface area (Å²) in [5, 5.41) is 13.4. The van der Waals surface area contributed by atoms with Gasteiger partial charge in [-0.15, -0.1) is 0 Å². The first-order chi connectivity index (χ1) is 9.29. The van der Waals surface area contributed by atoms with E-state index in [0.717, 1.165) is 12.1 Å². The number of nitro groups is 1. The van der Waals surface area contributed by atoms with Gasteiger partial charge >= 0.3 is 0 Å². The Bertz CT molecular complexity index is 675. The third kappa shape index (κ3) is 3.14. The summed E-state index contributed by atoms with van der Waals surface area (Å²) in [5.74, 6) is -0.261. The third-order valence-corrected chi connectivity index (χ3v) is 4.77. The summed E-state index contributed by atoms with van der Waals surface area (Å²) in [6.07, 6.45) is 0.0174. The maximum absolute atomic E-state index is 12.2. The molecule has 10 heteroatoms. The predicted molar refractivity (Wildman–Crippen MR) is 72.5 cm³/mol. The van der Waals surface area contributed by atoms with Crippen LogP contribution >= 0.6 is 15.9 Å². The number of nitrogens with one attached hydrogen (secondary N) is 2. The molecule has 0 unspecified atom stereocenters. The first-order valence-electron chi connectivity index (χ1n) is 5.52. The molecule has 0 radical (unpaired) electrons. The van der Waals surface area contributed by atoms with Gasteiger partial charge in [0, 0.05) is 29.5 Å². The molecular weight excluding hydrogens is 354 g/mol. The molecule has 1 aromatic rings. The Labute approximate surface area is 122 Å². The third-order valence-electron chi connectivity index (χ3n) is 2.71. The van der Waals surface area contributed by atoms with Crippen LogP contribution < -0.4 is 10.0 Å². The van der Waals surface area contributed by atoms with Crippen LogP contribution in [0.1, 0.15) is 6.42 Å². The fraction of sp³-hybridized carbons (Fsp3) is 0.300. The van der Waals surface area contributed by atoms with Gasteiger partial charge in [0.05, 0.1) is 4.92 Å². The SMILES string of the molecule is O=C1C[C@H](NS(=O)(=O)c2ccc(Br)cc2[N+](=O)[O-])CN1. The maximum Gasteiger partial charge on any atom is 0.290 e. The zero-order valence-corrected chi connectivity index (χ0v) is 12.4. The fourth-order valence-electron chi connectivity index (χ4n) is 1.83. The van der Waals surface area contributed by atoms with E-state index in [0.29, 0.717) is 4.47 Å². The van der Waals surface area contributed by atoms with Gasteiger partial charge in [-0.05, 0) is 12.1 Å². The van der Waals surface area contributed by atoms with Crippen LogP contribution in [0.25, 0.3) is 0 Å². The number of sulfonamides is 1. The summed E-state index contributed by atoms with van der Waals surface area (Å²) in [5.41, 5.74) is -0.524. The average molecular weight is 364 g/mol. The van der Waals surface area contributed by atoms with Crippen LogP contribution in [0.3, 0.4) is 0 Å². The Morgan fingerprint density at radius 2 is 2.15 bits per heavy atom. The van der Waals surface area contributed by atoms with Crippen molar-refractivity contribution in [2.75, 3.05) is 6.54 Å². The minimum atomic E-state index is -4.06. The second kappa shape index (κ2) is 5.46. The molecule has 20 heavy (non-hydrogen) atoms. The molecule has 1 amide bonds. The summed E-state index contributed by atoms with van der Waals surface area (Å²) in [6, 6.07) is 3.07. The molecule has 0 aliphatic carbocycles. The Morgan fingerprint density at radius 1 is 1.45 bits per heavy atom. The van der Waals surface area contributed by atoms with E-state index in [1.807, 2.05) is 0 Å². The molecule has 0 bridgehead atoms. The van der Waals surface area contributed by atoms with Crippen molar-refractivity contribution in [3.8, 4) is 0 Å². The summed E-state index contributed by atoms with van der Waals surface area (Å²) in [7, 11) is -4.06. The van der Waals surface area contributed by atoms with Crippen LogP contribution in [0.15, 0.2) is 27.6 Å². The van der Waals surface area contributed by atoms with Gasteiger partial charge < -0.3 is 5.32 Å². The lowest BCUT2D eigenvalue weighted by molar-refractivity contribution is -0.387. The van der Waals surface area contributed by atoms with Gasteiger partial charge in [0.2, 0.25) is 15.9 Å². The molecule has 8 nitrogen and oxygen atoms in total. The smallest absolute Gasteiger partial charge is 0.290 e.